The molecule has 0 saturated carbocycles. The number of para-hydroxylation sites is 1. The van der Waals surface area contributed by atoms with Crippen LogP contribution in [0.2, 0.25) is 0 Å². The number of ether oxygens (including phenoxy) is 1. The maximum atomic E-state index is 13.5. The van der Waals surface area contributed by atoms with Crippen molar-refractivity contribution in [3.8, 4) is 0 Å². The number of hydrogen-bond acceptors (Lipinski definition) is 5. The first-order valence-corrected chi connectivity index (χ1v) is 9.83. The Labute approximate surface area is 169 Å². The summed E-state index contributed by atoms with van der Waals surface area (Å²) in [5.74, 6) is -2.69. The predicted octanol–water partition coefficient (Wildman–Crippen LogP) is 2.77. The molecule has 0 aliphatic carbocycles. The van der Waals surface area contributed by atoms with Crippen LogP contribution in [0.1, 0.15) is 31.0 Å². The maximum Gasteiger partial charge on any atom is 0.326 e. The van der Waals surface area contributed by atoms with Crippen molar-refractivity contribution >= 4 is 23.5 Å². The average Bonchev–Trinajstić information content (AvgIpc) is 3.17. The Morgan fingerprint density at radius 3 is 2.38 bits per heavy atom. The number of imide groups is 1. The summed E-state index contributed by atoms with van der Waals surface area (Å²) in [6, 6.07) is 16.1. The molecule has 0 unspecified atom stereocenters. The molecule has 2 saturated heterocycles. The van der Waals surface area contributed by atoms with E-state index < -0.39 is 29.4 Å². The molecule has 0 bridgehead atoms. The third-order valence-corrected chi connectivity index (χ3v) is 6.02. The molecule has 2 aromatic carbocycles. The number of fused-ring (bicyclic) bond motifs is 1. The second-order valence-corrected chi connectivity index (χ2v) is 7.75. The van der Waals surface area contributed by atoms with Crippen molar-refractivity contribution in [1.29, 1.82) is 0 Å². The van der Waals surface area contributed by atoms with Gasteiger partial charge in [-0.1, -0.05) is 42.5 Å². The fourth-order valence-electron chi connectivity index (χ4n) is 4.64. The molecular formula is C23H24N2O4. The maximum absolute atomic E-state index is 13.5. The number of amides is 2. The van der Waals surface area contributed by atoms with Gasteiger partial charge in [-0.25, -0.2) is 4.90 Å². The number of anilines is 1. The molecule has 0 aromatic heterocycles. The number of nitrogens with one attached hydrogen (secondary N) is 1. The number of carbonyl (C=O) groups is 3. The summed E-state index contributed by atoms with van der Waals surface area (Å²) < 4.78 is 5.29. The van der Waals surface area contributed by atoms with Gasteiger partial charge in [-0.15, -0.1) is 0 Å². The first kappa shape index (κ1) is 19.3. The molecule has 2 heterocycles. The molecule has 2 amide bonds. The van der Waals surface area contributed by atoms with E-state index in [9.17, 15) is 14.4 Å². The van der Waals surface area contributed by atoms with Crippen molar-refractivity contribution in [3.05, 3.63) is 65.7 Å². The largest absolute Gasteiger partial charge is 0.465 e. The molecule has 4 rings (SSSR count). The Bertz CT molecular complexity index is 974. The van der Waals surface area contributed by atoms with Crippen LogP contribution in [0.5, 0.6) is 0 Å². The van der Waals surface area contributed by atoms with Crippen LogP contribution in [0.15, 0.2) is 54.6 Å². The highest BCUT2D eigenvalue weighted by molar-refractivity contribution is 6.24. The predicted molar refractivity (Wildman–Crippen MR) is 108 cm³/mol. The van der Waals surface area contributed by atoms with Crippen LogP contribution in [0.25, 0.3) is 0 Å². The van der Waals surface area contributed by atoms with Gasteiger partial charge in [0, 0.05) is 6.04 Å². The zero-order chi connectivity index (χ0) is 20.8. The Hall–Kier alpha value is -2.99. The molecule has 150 valence electrons. The molecule has 2 aliphatic heterocycles. The summed E-state index contributed by atoms with van der Waals surface area (Å²) in [6.07, 6.45) is 0. The third-order valence-electron chi connectivity index (χ3n) is 6.02. The number of benzene rings is 2. The molecule has 6 heteroatoms. The van der Waals surface area contributed by atoms with Gasteiger partial charge in [0.15, 0.2) is 0 Å². The van der Waals surface area contributed by atoms with Crippen LogP contribution in [-0.2, 0) is 19.1 Å². The molecule has 6 nitrogen and oxygen atoms in total. The van der Waals surface area contributed by atoms with E-state index in [4.69, 9.17) is 4.74 Å². The number of hydrogen-bond donors (Lipinski definition) is 1. The number of aryl methyl sites for hydroxylation is 1. The molecule has 29 heavy (non-hydrogen) atoms. The van der Waals surface area contributed by atoms with Crippen molar-refractivity contribution < 1.29 is 19.1 Å². The second-order valence-electron chi connectivity index (χ2n) is 7.75. The van der Waals surface area contributed by atoms with Crippen LogP contribution in [0, 0.1) is 18.8 Å². The summed E-state index contributed by atoms with van der Waals surface area (Å²) in [5, 5.41) is 3.30. The number of nitrogens with zero attached hydrogens (tertiary/aromatic N) is 1. The quantitative estimate of drug-likeness (QED) is 0.640. The highest BCUT2D eigenvalue weighted by Gasteiger charge is 2.67. The van der Waals surface area contributed by atoms with E-state index in [1.54, 1.807) is 38.1 Å². The zero-order valence-corrected chi connectivity index (χ0v) is 16.7. The van der Waals surface area contributed by atoms with Gasteiger partial charge in [-0.3, -0.25) is 19.7 Å². The third kappa shape index (κ3) is 2.86. The summed E-state index contributed by atoms with van der Waals surface area (Å²) in [4.78, 5) is 41.0. The van der Waals surface area contributed by atoms with Crippen LogP contribution in [0.4, 0.5) is 5.69 Å². The molecule has 2 fully saturated rings. The van der Waals surface area contributed by atoms with Gasteiger partial charge in [-0.2, -0.15) is 0 Å². The van der Waals surface area contributed by atoms with Gasteiger partial charge in [0.05, 0.1) is 24.1 Å². The van der Waals surface area contributed by atoms with Crippen molar-refractivity contribution in [3.63, 3.8) is 0 Å². The Balaban J connectivity index is 1.84. The molecule has 2 aliphatic rings. The van der Waals surface area contributed by atoms with Gasteiger partial charge in [0.2, 0.25) is 11.8 Å². The first-order valence-electron chi connectivity index (χ1n) is 9.83. The van der Waals surface area contributed by atoms with Gasteiger partial charge >= 0.3 is 5.97 Å². The van der Waals surface area contributed by atoms with Gasteiger partial charge in [0.1, 0.15) is 5.54 Å². The van der Waals surface area contributed by atoms with E-state index in [1.165, 1.54) is 4.90 Å². The lowest BCUT2D eigenvalue weighted by Gasteiger charge is -2.29. The second kappa shape index (κ2) is 7.12. The summed E-state index contributed by atoms with van der Waals surface area (Å²) in [5.41, 5.74) is 1.14. The van der Waals surface area contributed by atoms with Crippen molar-refractivity contribution in [2.75, 3.05) is 11.5 Å². The smallest absolute Gasteiger partial charge is 0.326 e. The fourth-order valence-corrected chi connectivity index (χ4v) is 4.64. The van der Waals surface area contributed by atoms with E-state index in [1.807, 2.05) is 37.3 Å². The normalized spacial score (nSPS) is 28.5. The van der Waals surface area contributed by atoms with Crippen LogP contribution in [-0.4, -0.2) is 29.9 Å². The summed E-state index contributed by atoms with van der Waals surface area (Å²) in [6.45, 7) is 5.56. The topological polar surface area (TPSA) is 75.7 Å². The minimum Gasteiger partial charge on any atom is -0.465 e. The van der Waals surface area contributed by atoms with E-state index in [2.05, 4.69) is 5.32 Å². The van der Waals surface area contributed by atoms with Crippen LogP contribution in [0.3, 0.4) is 0 Å². The highest BCUT2D eigenvalue weighted by Crippen LogP contribution is 2.50. The van der Waals surface area contributed by atoms with Gasteiger partial charge in [0.25, 0.3) is 0 Å². The molecule has 2 aromatic rings. The molecule has 0 radical (unpaired) electrons. The zero-order valence-electron chi connectivity index (χ0n) is 16.7. The molecule has 0 spiro atoms. The summed E-state index contributed by atoms with van der Waals surface area (Å²) >= 11 is 0. The Kier molecular flexibility index (Phi) is 4.74. The molecule has 1 N–H and O–H groups in total. The Morgan fingerprint density at radius 1 is 1.07 bits per heavy atom. The van der Waals surface area contributed by atoms with Crippen molar-refractivity contribution in [2.45, 2.75) is 32.4 Å². The minimum atomic E-state index is -1.29. The molecule has 4 atom stereocenters. The Morgan fingerprint density at radius 2 is 1.72 bits per heavy atom. The first-order chi connectivity index (χ1) is 13.9. The number of rotatable bonds is 4. The van der Waals surface area contributed by atoms with E-state index in [0.29, 0.717) is 5.69 Å². The van der Waals surface area contributed by atoms with Gasteiger partial charge in [-0.05, 0) is 44.0 Å². The number of carbonyl (C=O) groups excluding carboxylic acids is 3. The minimum absolute atomic E-state index is 0.201. The van der Waals surface area contributed by atoms with E-state index in [0.717, 1.165) is 11.1 Å². The molecular weight excluding hydrogens is 368 g/mol. The summed E-state index contributed by atoms with van der Waals surface area (Å²) in [7, 11) is 0. The van der Waals surface area contributed by atoms with Crippen molar-refractivity contribution in [1.82, 2.24) is 5.32 Å². The fraction of sp³-hybridized carbons (Fsp3) is 0.348. The SMILES string of the molecule is CCOC(=O)[C@]1(C)N[C@H](c2ccccc2C)[C@@H]2C(=O)N(c3ccccc3)C(=O)[C@@H]21. The lowest BCUT2D eigenvalue weighted by atomic mass is 9.80. The van der Waals surface area contributed by atoms with Crippen molar-refractivity contribution in [2.24, 2.45) is 11.8 Å². The van der Waals surface area contributed by atoms with E-state index >= 15 is 0 Å². The number of esters is 1. The standard InChI is InChI=1S/C23H24N2O4/c1-4-29-22(28)23(3)18-17(19(24-23)16-13-9-8-10-14(16)2)20(26)25(21(18)27)15-11-6-5-7-12-15/h5-13,17-19,24H,4H2,1-3H3/t17-,18-,19-,23-/m1/s1. The van der Waals surface area contributed by atoms with Crippen LogP contribution < -0.4 is 10.2 Å². The lowest BCUT2D eigenvalue weighted by molar-refractivity contribution is -0.153. The van der Waals surface area contributed by atoms with E-state index in [-0.39, 0.29) is 18.4 Å². The van der Waals surface area contributed by atoms with Crippen LogP contribution >= 0.6 is 0 Å². The average molecular weight is 392 g/mol. The highest BCUT2D eigenvalue weighted by atomic mass is 16.5. The lowest BCUT2D eigenvalue weighted by Crippen LogP contribution is -2.54. The monoisotopic (exact) mass is 392 g/mol. The van der Waals surface area contributed by atoms with Gasteiger partial charge < -0.3 is 4.74 Å².